The van der Waals surface area contributed by atoms with Crippen molar-refractivity contribution in [3.05, 3.63) is 35.6 Å². The zero-order valence-electron chi connectivity index (χ0n) is 13.9. The Balaban J connectivity index is 2.00. The van der Waals surface area contributed by atoms with Gasteiger partial charge in [-0.2, -0.15) is 0 Å². The number of nitrogens with zero attached hydrogens (tertiary/aromatic N) is 2. The molecule has 1 heterocycles. The maximum absolute atomic E-state index is 14.0. The summed E-state index contributed by atoms with van der Waals surface area (Å²) in [6, 6.07) is 6.09. The zero-order valence-corrected chi connectivity index (χ0v) is 13.9. The van der Waals surface area contributed by atoms with Crippen LogP contribution in [0.1, 0.15) is 31.4 Å². The second kappa shape index (κ2) is 7.44. The molecule has 0 spiro atoms. The fourth-order valence-corrected chi connectivity index (χ4v) is 2.91. The van der Waals surface area contributed by atoms with E-state index < -0.39 is 0 Å². The second-order valence-electron chi connectivity index (χ2n) is 6.30. The van der Waals surface area contributed by atoms with Crippen LogP contribution in [-0.2, 0) is 4.79 Å². The lowest BCUT2D eigenvalue weighted by Crippen LogP contribution is -2.41. The summed E-state index contributed by atoms with van der Waals surface area (Å²) in [7, 11) is 3.36. The van der Waals surface area contributed by atoms with Crippen LogP contribution in [0.4, 0.5) is 9.18 Å². The van der Waals surface area contributed by atoms with Crippen LogP contribution in [0.15, 0.2) is 24.3 Å². The number of carbonyl (C=O) groups excluding carboxylic acids is 2. The molecule has 3 amide bonds. The van der Waals surface area contributed by atoms with E-state index in [0.29, 0.717) is 18.0 Å². The highest BCUT2D eigenvalue weighted by Crippen LogP contribution is 2.36. The predicted octanol–water partition coefficient (Wildman–Crippen LogP) is 2.40. The molecule has 0 unspecified atom stereocenters. The molecule has 1 fully saturated rings. The summed E-state index contributed by atoms with van der Waals surface area (Å²) in [5.74, 6) is -0.00769. The molecule has 0 radical (unpaired) electrons. The summed E-state index contributed by atoms with van der Waals surface area (Å²) in [4.78, 5) is 27.1. The highest BCUT2D eigenvalue weighted by atomic mass is 19.1. The number of likely N-dealkylation sites (tertiary alicyclic amines) is 1. The summed E-state index contributed by atoms with van der Waals surface area (Å²) < 4.78 is 14.0. The third-order valence-corrected chi connectivity index (χ3v) is 4.15. The van der Waals surface area contributed by atoms with Crippen LogP contribution in [0.3, 0.4) is 0 Å². The van der Waals surface area contributed by atoms with Crippen LogP contribution in [0.25, 0.3) is 0 Å². The van der Waals surface area contributed by atoms with E-state index >= 15 is 0 Å². The average molecular weight is 321 g/mol. The van der Waals surface area contributed by atoms with Crippen molar-refractivity contribution in [1.29, 1.82) is 0 Å². The highest BCUT2D eigenvalue weighted by Gasteiger charge is 2.35. The van der Waals surface area contributed by atoms with E-state index in [4.69, 9.17) is 0 Å². The van der Waals surface area contributed by atoms with Gasteiger partial charge in [0.15, 0.2) is 0 Å². The molecule has 1 aliphatic heterocycles. The van der Waals surface area contributed by atoms with Crippen LogP contribution >= 0.6 is 0 Å². The van der Waals surface area contributed by atoms with E-state index in [2.05, 4.69) is 12.2 Å². The van der Waals surface area contributed by atoms with Crippen molar-refractivity contribution in [3.8, 4) is 0 Å². The van der Waals surface area contributed by atoms with E-state index in [-0.39, 0.29) is 36.8 Å². The summed E-state index contributed by atoms with van der Waals surface area (Å²) in [5.41, 5.74) is 0.552. The molecule has 1 aliphatic rings. The maximum Gasteiger partial charge on any atom is 0.317 e. The number of nitrogens with one attached hydrogen (secondary N) is 1. The molecule has 5 nitrogen and oxygen atoms in total. The second-order valence-corrected chi connectivity index (χ2v) is 6.30. The molecule has 0 saturated carbocycles. The molecule has 1 N–H and O–H groups in total. The van der Waals surface area contributed by atoms with Gasteiger partial charge < -0.3 is 15.1 Å². The number of carbonyl (C=O) groups is 2. The summed E-state index contributed by atoms with van der Waals surface area (Å²) in [6.07, 6.45) is 0.997. The van der Waals surface area contributed by atoms with E-state index in [1.165, 1.54) is 11.0 Å². The number of amides is 3. The first-order valence-electron chi connectivity index (χ1n) is 7.89. The van der Waals surface area contributed by atoms with Crippen molar-refractivity contribution in [2.75, 3.05) is 27.2 Å². The molecule has 0 bridgehead atoms. The Kier molecular flexibility index (Phi) is 5.58. The first kappa shape index (κ1) is 17.2. The Morgan fingerprint density at radius 1 is 1.35 bits per heavy atom. The standard InChI is InChI=1S/C17H24FN3O2/c1-12-10-15(13-6-4-5-7-14(13)18)21(11-12)17(23)19-9-8-16(22)20(2)3/h4-7,12,15H,8-11H2,1-3H3,(H,19,23)/t12-,15-/m0/s1. The van der Waals surface area contributed by atoms with E-state index in [0.717, 1.165) is 6.42 Å². The number of hydrogen-bond donors (Lipinski definition) is 1. The molecule has 126 valence electrons. The van der Waals surface area contributed by atoms with E-state index in [9.17, 15) is 14.0 Å². The fourth-order valence-electron chi connectivity index (χ4n) is 2.91. The SMILES string of the molecule is C[C@H]1C[C@@H](c2ccccc2F)N(C(=O)NCCC(=O)N(C)C)C1. The van der Waals surface area contributed by atoms with Gasteiger partial charge in [0.1, 0.15) is 5.82 Å². The predicted molar refractivity (Wildman–Crippen MR) is 86.3 cm³/mol. The molecule has 23 heavy (non-hydrogen) atoms. The minimum Gasteiger partial charge on any atom is -0.349 e. The Labute approximate surface area is 136 Å². The average Bonchev–Trinajstić information content (AvgIpc) is 2.89. The smallest absolute Gasteiger partial charge is 0.317 e. The van der Waals surface area contributed by atoms with Gasteiger partial charge in [-0.05, 0) is 18.4 Å². The van der Waals surface area contributed by atoms with E-state index in [1.807, 2.05) is 0 Å². The summed E-state index contributed by atoms with van der Waals surface area (Å²) in [5, 5.41) is 2.77. The number of hydrogen-bond acceptors (Lipinski definition) is 2. The minimum atomic E-state index is -0.285. The molecule has 2 rings (SSSR count). The summed E-state index contributed by atoms with van der Waals surface area (Å²) in [6.45, 7) is 2.92. The quantitative estimate of drug-likeness (QED) is 0.926. The normalized spacial score (nSPS) is 20.4. The van der Waals surface area contributed by atoms with Gasteiger partial charge in [-0.3, -0.25) is 4.79 Å². The Hall–Kier alpha value is -2.11. The van der Waals surface area contributed by atoms with Crippen molar-refractivity contribution in [2.24, 2.45) is 5.92 Å². The van der Waals surface area contributed by atoms with Gasteiger partial charge in [0.05, 0.1) is 6.04 Å². The van der Waals surface area contributed by atoms with E-state index in [1.54, 1.807) is 37.2 Å². The molecule has 1 aromatic rings. The maximum atomic E-state index is 14.0. The van der Waals surface area contributed by atoms with Gasteiger partial charge in [-0.15, -0.1) is 0 Å². The lowest BCUT2D eigenvalue weighted by atomic mass is 10.0. The highest BCUT2D eigenvalue weighted by molar-refractivity contribution is 5.78. The fraction of sp³-hybridized carbons (Fsp3) is 0.529. The summed E-state index contributed by atoms with van der Waals surface area (Å²) >= 11 is 0. The molecule has 1 aromatic carbocycles. The molecule has 6 heteroatoms. The minimum absolute atomic E-state index is 0.0363. The molecule has 0 aromatic heterocycles. The van der Waals surface area contributed by atoms with Gasteiger partial charge in [-0.1, -0.05) is 25.1 Å². The van der Waals surface area contributed by atoms with Crippen molar-refractivity contribution >= 4 is 11.9 Å². The van der Waals surface area contributed by atoms with Gasteiger partial charge in [-0.25, -0.2) is 9.18 Å². The molecular weight excluding hydrogens is 297 g/mol. The Morgan fingerprint density at radius 3 is 2.70 bits per heavy atom. The van der Waals surface area contributed by atoms with Crippen LogP contribution in [0.5, 0.6) is 0 Å². The molecule has 1 saturated heterocycles. The Morgan fingerprint density at radius 2 is 2.04 bits per heavy atom. The van der Waals surface area contributed by atoms with Gasteiger partial charge >= 0.3 is 6.03 Å². The van der Waals surface area contributed by atoms with Crippen molar-refractivity contribution in [1.82, 2.24) is 15.1 Å². The number of halogens is 1. The van der Waals surface area contributed by atoms with Gasteiger partial charge in [0.25, 0.3) is 0 Å². The largest absolute Gasteiger partial charge is 0.349 e. The lowest BCUT2D eigenvalue weighted by molar-refractivity contribution is -0.128. The monoisotopic (exact) mass is 321 g/mol. The number of urea groups is 1. The van der Waals surface area contributed by atoms with Crippen LogP contribution in [-0.4, -0.2) is 48.9 Å². The van der Waals surface area contributed by atoms with Crippen LogP contribution in [0.2, 0.25) is 0 Å². The van der Waals surface area contributed by atoms with Crippen LogP contribution in [0, 0.1) is 11.7 Å². The first-order chi connectivity index (χ1) is 10.9. The third kappa shape index (κ3) is 4.21. The van der Waals surface area contributed by atoms with Crippen molar-refractivity contribution in [3.63, 3.8) is 0 Å². The molecule has 2 atom stereocenters. The number of rotatable bonds is 4. The topological polar surface area (TPSA) is 52.7 Å². The van der Waals surface area contributed by atoms with Crippen molar-refractivity contribution in [2.45, 2.75) is 25.8 Å². The zero-order chi connectivity index (χ0) is 17.0. The van der Waals surface area contributed by atoms with Gasteiger partial charge in [0.2, 0.25) is 5.91 Å². The third-order valence-electron chi connectivity index (χ3n) is 4.15. The molecule has 0 aliphatic carbocycles. The molecular formula is C17H24FN3O2. The van der Waals surface area contributed by atoms with Crippen LogP contribution < -0.4 is 5.32 Å². The first-order valence-corrected chi connectivity index (χ1v) is 7.89. The Bertz CT molecular complexity index is 577. The lowest BCUT2D eigenvalue weighted by Gasteiger charge is -2.25. The number of benzene rings is 1. The van der Waals surface area contributed by atoms with Gasteiger partial charge in [0, 0.05) is 39.2 Å². The van der Waals surface area contributed by atoms with Crippen molar-refractivity contribution < 1.29 is 14.0 Å².